The van der Waals surface area contributed by atoms with E-state index < -0.39 is 0 Å². The SMILES string of the molecule is O=C1C=c2ncncc2=NC1. The van der Waals surface area contributed by atoms with Crippen molar-refractivity contribution in [3.05, 3.63) is 23.2 Å². The van der Waals surface area contributed by atoms with E-state index in [1.54, 1.807) is 6.20 Å². The molecule has 0 unspecified atom stereocenters. The molecule has 1 aromatic rings. The number of Topliss-reactive ketones (excluding diaryl/α,β-unsaturated/α-hetero) is 1. The topological polar surface area (TPSA) is 55.2 Å². The third-order valence-corrected chi connectivity index (χ3v) is 1.43. The van der Waals surface area contributed by atoms with Crippen molar-refractivity contribution in [1.29, 1.82) is 0 Å². The highest BCUT2D eigenvalue weighted by molar-refractivity contribution is 6.07. The van der Waals surface area contributed by atoms with Gasteiger partial charge in [0.1, 0.15) is 18.2 Å². The summed E-state index contributed by atoms with van der Waals surface area (Å²) in [6.45, 7) is 0.223. The second-order valence-corrected chi connectivity index (χ2v) is 2.22. The van der Waals surface area contributed by atoms with E-state index in [1.165, 1.54) is 12.4 Å². The van der Waals surface area contributed by atoms with E-state index in [-0.39, 0.29) is 12.3 Å². The molecule has 4 nitrogen and oxygen atoms in total. The Hall–Kier alpha value is -1.58. The van der Waals surface area contributed by atoms with Crippen LogP contribution in [0.25, 0.3) is 6.08 Å². The Labute approximate surface area is 62.3 Å². The maximum atomic E-state index is 10.8. The van der Waals surface area contributed by atoms with Crippen LogP contribution in [0.1, 0.15) is 0 Å². The number of ketones is 1. The second-order valence-electron chi connectivity index (χ2n) is 2.22. The Morgan fingerprint density at radius 3 is 3.27 bits per heavy atom. The summed E-state index contributed by atoms with van der Waals surface area (Å²) in [4.78, 5) is 22.5. The number of rotatable bonds is 0. The molecule has 0 radical (unpaired) electrons. The molecule has 0 bridgehead atoms. The monoisotopic (exact) mass is 147 g/mol. The van der Waals surface area contributed by atoms with Gasteiger partial charge < -0.3 is 0 Å². The predicted octanol–water partition coefficient (Wildman–Crippen LogP) is -1.54. The van der Waals surface area contributed by atoms with Crippen molar-refractivity contribution in [1.82, 2.24) is 9.97 Å². The number of aromatic nitrogens is 2. The van der Waals surface area contributed by atoms with Gasteiger partial charge in [0.2, 0.25) is 0 Å². The van der Waals surface area contributed by atoms with E-state index in [4.69, 9.17) is 0 Å². The Kier molecular flexibility index (Phi) is 1.25. The molecular weight excluding hydrogens is 142 g/mol. The molecule has 1 aromatic heterocycles. The Morgan fingerprint density at radius 2 is 2.36 bits per heavy atom. The number of hydrogen-bond donors (Lipinski definition) is 0. The molecule has 54 valence electrons. The summed E-state index contributed by atoms with van der Waals surface area (Å²) >= 11 is 0. The summed E-state index contributed by atoms with van der Waals surface area (Å²) in [7, 11) is 0. The van der Waals surface area contributed by atoms with Crippen LogP contribution in [0.2, 0.25) is 0 Å². The van der Waals surface area contributed by atoms with Gasteiger partial charge in [-0.15, -0.1) is 0 Å². The van der Waals surface area contributed by atoms with Gasteiger partial charge in [-0.25, -0.2) is 9.97 Å². The Bertz CT molecular complexity index is 410. The van der Waals surface area contributed by atoms with Gasteiger partial charge in [0.05, 0.1) is 11.5 Å². The van der Waals surface area contributed by atoms with Crippen molar-refractivity contribution in [2.45, 2.75) is 0 Å². The van der Waals surface area contributed by atoms with E-state index in [0.29, 0.717) is 10.7 Å². The lowest BCUT2D eigenvalue weighted by Gasteiger charge is -1.94. The average Bonchev–Trinajstić information content (AvgIpc) is 2.04. The van der Waals surface area contributed by atoms with E-state index >= 15 is 0 Å². The molecular formula is C7H5N3O. The molecule has 4 heteroatoms. The first-order chi connectivity index (χ1) is 5.36. The van der Waals surface area contributed by atoms with Gasteiger partial charge in [-0.1, -0.05) is 0 Å². The summed E-state index contributed by atoms with van der Waals surface area (Å²) in [6.07, 6.45) is 4.50. The van der Waals surface area contributed by atoms with Crippen molar-refractivity contribution < 1.29 is 4.79 Å². The van der Waals surface area contributed by atoms with Crippen LogP contribution in [0.3, 0.4) is 0 Å². The summed E-state index contributed by atoms with van der Waals surface area (Å²) < 4.78 is 0. The lowest BCUT2D eigenvalue weighted by Crippen LogP contribution is -2.34. The van der Waals surface area contributed by atoms with Crippen LogP contribution in [0.5, 0.6) is 0 Å². The maximum absolute atomic E-state index is 10.8. The molecule has 2 rings (SSSR count). The van der Waals surface area contributed by atoms with Gasteiger partial charge >= 0.3 is 0 Å². The van der Waals surface area contributed by atoms with Gasteiger partial charge in [0.25, 0.3) is 0 Å². The van der Waals surface area contributed by atoms with E-state index in [2.05, 4.69) is 15.0 Å². The van der Waals surface area contributed by atoms with Crippen LogP contribution < -0.4 is 10.7 Å². The molecule has 0 amide bonds. The van der Waals surface area contributed by atoms with Crippen molar-refractivity contribution in [3.8, 4) is 0 Å². The zero-order valence-electron chi connectivity index (χ0n) is 5.69. The van der Waals surface area contributed by atoms with Crippen molar-refractivity contribution in [2.75, 3.05) is 6.54 Å². The third kappa shape index (κ3) is 1.02. The largest absolute Gasteiger partial charge is 0.293 e. The standard InChI is InChI=1S/C7H5N3O/c11-5-1-6-7(9-2-5)3-8-4-10-6/h1,3-4H,2H2. The normalized spacial score (nSPS) is 14.7. The van der Waals surface area contributed by atoms with E-state index in [1.807, 2.05) is 0 Å². The fraction of sp³-hybridized carbons (Fsp3) is 0.143. The van der Waals surface area contributed by atoms with E-state index in [9.17, 15) is 4.79 Å². The van der Waals surface area contributed by atoms with Crippen LogP contribution >= 0.6 is 0 Å². The predicted molar refractivity (Wildman–Crippen MR) is 37.2 cm³/mol. The molecule has 11 heavy (non-hydrogen) atoms. The molecule has 0 aliphatic carbocycles. The molecule has 0 saturated heterocycles. The maximum Gasteiger partial charge on any atom is 0.179 e. The molecule has 0 N–H and O–H groups in total. The molecule has 1 aliphatic rings. The van der Waals surface area contributed by atoms with Crippen LogP contribution in [0, 0.1) is 0 Å². The van der Waals surface area contributed by atoms with Crippen molar-refractivity contribution in [3.63, 3.8) is 0 Å². The fourth-order valence-electron chi connectivity index (χ4n) is 0.926. The minimum Gasteiger partial charge on any atom is -0.293 e. The summed E-state index contributed by atoms with van der Waals surface area (Å²) in [6, 6.07) is 0. The number of fused-ring (bicyclic) bond motifs is 1. The molecule has 0 spiro atoms. The van der Waals surface area contributed by atoms with Crippen molar-refractivity contribution >= 4 is 11.9 Å². The average molecular weight is 147 g/mol. The Balaban J connectivity index is 2.83. The number of carbonyl (C=O) groups excluding carboxylic acids is 1. The van der Waals surface area contributed by atoms with Crippen molar-refractivity contribution in [2.24, 2.45) is 4.99 Å². The lowest BCUT2D eigenvalue weighted by atomic mass is 10.3. The molecule has 0 saturated carbocycles. The quantitative estimate of drug-likeness (QED) is 0.447. The molecule has 0 atom stereocenters. The second kappa shape index (κ2) is 2.23. The Morgan fingerprint density at radius 1 is 1.45 bits per heavy atom. The highest BCUT2D eigenvalue weighted by Gasteiger charge is 2.01. The summed E-state index contributed by atoms with van der Waals surface area (Å²) in [5.74, 6) is -0.00352. The highest BCUT2D eigenvalue weighted by Crippen LogP contribution is 1.78. The zero-order valence-corrected chi connectivity index (χ0v) is 5.69. The fourth-order valence-corrected chi connectivity index (χ4v) is 0.926. The first-order valence-electron chi connectivity index (χ1n) is 3.21. The number of nitrogens with zero attached hydrogens (tertiary/aromatic N) is 3. The van der Waals surface area contributed by atoms with Gasteiger partial charge in [0, 0.05) is 6.08 Å². The van der Waals surface area contributed by atoms with Crippen LogP contribution in [0.4, 0.5) is 0 Å². The summed E-state index contributed by atoms with van der Waals surface area (Å²) in [5, 5.41) is 1.32. The van der Waals surface area contributed by atoms with Gasteiger partial charge in [0.15, 0.2) is 5.78 Å². The minimum atomic E-state index is -0.00352. The molecule has 2 heterocycles. The van der Waals surface area contributed by atoms with Gasteiger partial charge in [-0.2, -0.15) is 0 Å². The molecule has 0 aromatic carbocycles. The zero-order chi connectivity index (χ0) is 7.68. The van der Waals surface area contributed by atoms with Crippen LogP contribution in [0.15, 0.2) is 17.5 Å². The first-order valence-corrected chi connectivity index (χ1v) is 3.21. The third-order valence-electron chi connectivity index (χ3n) is 1.43. The van der Waals surface area contributed by atoms with Gasteiger partial charge in [-0.05, 0) is 0 Å². The number of hydrogen-bond acceptors (Lipinski definition) is 4. The molecule has 1 aliphatic heterocycles. The number of carbonyl (C=O) groups is 1. The van der Waals surface area contributed by atoms with Gasteiger partial charge in [-0.3, -0.25) is 9.79 Å². The smallest absolute Gasteiger partial charge is 0.179 e. The van der Waals surface area contributed by atoms with E-state index in [0.717, 1.165) is 0 Å². The first kappa shape index (κ1) is 6.15. The highest BCUT2D eigenvalue weighted by atomic mass is 16.1. The summed E-state index contributed by atoms with van der Waals surface area (Å²) in [5.41, 5.74) is 0. The lowest BCUT2D eigenvalue weighted by molar-refractivity contribution is -0.112. The minimum absolute atomic E-state index is 0.00352. The van der Waals surface area contributed by atoms with Crippen LogP contribution in [-0.4, -0.2) is 22.3 Å². The van der Waals surface area contributed by atoms with Crippen LogP contribution in [-0.2, 0) is 4.79 Å². The molecule has 0 fully saturated rings.